The lowest BCUT2D eigenvalue weighted by Gasteiger charge is -2.45. The van der Waals surface area contributed by atoms with Crippen molar-refractivity contribution >= 4 is 40.2 Å². The molecule has 44 heavy (non-hydrogen) atoms. The third-order valence-electron chi connectivity index (χ3n) is 9.89. The number of nitrogens with one attached hydrogen (secondary N) is 2. The van der Waals surface area contributed by atoms with E-state index in [-0.39, 0.29) is 47.8 Å². The molecule has 2 aliphatic rings. The highest BCUT2D eigenvalue weighted by molar-refractivity contribution is 7.99. The van der Waals surface area contributed by atoms with E-state index in [1.54, 1.807) is 66.2 Å². The topological polar surface area (TPSA) is 74.4 Å². The van der Waals surface area contributed by atoms with Crippen molar-refractivity contribution in [3.8, 4) is 5.75 Å². The number of hydrogen-bond acceptors (Lipinski definition) is 4. The number of methoxy groups -OCH3 is 1. The Balaban J connectivity index is 1.34. The zero-order chi connectivity index (χ0) is 31.1. The van der Waals surface area contributed by atoms with Crippen molar-refractivity contribution in [3.63, 3.8) is 0 Å². The van der Waals surface area contributed by atoms with E-state index in [0.717, 1.165) is 22.7 Å². The van der Waals surface area contributed by atoms with Crippen LogP contribution in [0.3, 0.4) is 0 Å². The van der Waals surface area contributed by atoms with Gasteiger partial charge in [0, 0.05) is 40.8 Å². The molecule has 1 aliphatic heterocycles. The van der Waals surface area contributed by atoms with Gasteiger partial charge in [0.15, 0.2) is 0 Å². The first-order valence-electron chi connectivity index (χ1n) is 15.3. The van der Waals surface area contributed by atoms with Crippen molar-refractivity contribution in [1.29, 1.82) is 0 Å². The van der Waals surface area contributed by atoms with Gasteiger partial charge in [-0.15, -0.1) is 0 Å². The van der Waals surface area contributed by atoms with Crippen molar-refractivity contribution in [3.05, 3.63) is 95.4 Å². The second-order valence-electron chi connectivity index (χ2n) is 12.7. The number of aryl methyl sites for hydroxylation is 1. The summed E-state index contributed by atoms with van der Waals surface area (Å²) < 4.78 is 20.4. The van der Waals surface area contributed by atoms with Gasteiger partial charge in [0.25, 0.3) is 0 Å². The van der Waals surface area contributed by atoms with Crippen LogP contribution in [0.2, 0.25) is 0 Å². The molecule has 2 heterocycles. The Bertz CT molecular complexity index is 1680. The molecule has 1 saturated heterocycles. The lowest BCUT2D eigenvalue weighted by Crippen LogP contribution is -2.60. The molecule has 2 fully saturated rings. The molecule has 8 heteroatoms. The number of fused-ring (bicyclic) bond motifs is 1. The number of aromatic amines is 1. The number of benzene rings is 3. The number of thioether (sulfide) groups is 1. The molecule has 2 N–H and O–H groups in total. The van der Waals surface area contributed by atoms with Crippen molar-refractivity contribution in [1.82, 2.24) is 9.88 Å². The highest BCUT2D eigenvalue weighted by Crippen LogP contribution is 2.67. The fraction of sp³-hybridized carbons (Fsp3) is 0.389. The molecule has 1 saturated carbocycles. The molecule has 0 spiro atoms. The Morgan fingerprint density at radius 3 is 2.41 bits per heavy atom. The van der Waals surface area contributed by atoms with Crippen LogP contribution >= 0.6 is 11.8 Å². The molecule has 0 bridgehead atoms. The number of aromatic nitrogens is 1. The third-order valence-corrected chi connectivity index (χ3v) is 10.9. The van der Waals surface area contributed by atoms with Crippen molar-refractivity contribution < 1.29 is 18.7 Å². The Labute approximate surface area is 262 Å². The van der Waals surface area contributed by atoms with Crippen LogP contribution in [-0.4, -0.2) is 45.9 Å². The van der Waals surface area contributed by atoms with Crippen LogP contribution < -0.4 is 10.1 Å². The van der Waals surface area contributed by atoms with Gasteiger partial charge in [0.1, 0.15) is 17.1 Å². The molecule has 3 aromatic carbocycles. The summed E-state index contributed by atoms with van der Waals surface area (Å²) in [4.78, 5) is 34.1. The number of nitrogens with zero attached hydrogens (tertiary/aromatic N) is 1. The minimum absolute atomic E-state index is 0.0378. The van der Waals surface area contributed by atoms with Crippen LogP contribution in [-0.2, 0) is 16.1 Å². The first-order valence-corrected chi connectivity index (χ1v) is 16.5. The van der Waals surface area contributed by atoms with Crippen molar-refractivity contribution in [2.24, 2.45) is 11.3 Å². The maximum Gasteiger partial charge on any atom is 0.250 e. The standard InChI is InChI=1S/C36H40FN3O3S/c1-23-32(27-10-6-8-12-30(27)38-23)33-28(35(33,2)3)21-31(41)40(22-24-9-5-7-11-29(24)37)36(17-19-44-20-18-36)34(42)39-25-13-15-26(43-4)16-14-25/h5-16,28,33,38H,17-22H2,1-4H3,(H,39,42)/t28-,33-/m1/s1. The van der Waals surface area contributed by atoms with Crippen LogP contribution in [0.5, 0.6) is 5.75 Å². The molecule has 4 aromatic rings. The summed E-state index contributed by atoms with van der Waals surface area (Å²) in [6, 6.07) is 22.0. The number of H-pyrrole nitrogens is 1. The molecule has 1 aromatic heterocycles. The van der Waals surface area contributed by atoms with Crippen LogP contribution in [0.15, 0.2) is 72.8 Å². The monoisotopic (exact) mass is 613 g/mol. The molecule has 2 atom stereocenters. The molecule has 0 unspecified atom stereocenters. The van der Waals surface area contributed by atoms with Gasteiger partial charge in [-0.3, -0.25) is 9.59 Å². The molecular weight excluding hydrogens is 573 g/mol. The largest absolute Gasteiger partial charge is 0.497 e. The third kappa shape index (κ3) is 5.49. The highest BCUT2D eigenvalue weighted by atomic mass is 32.2. The predicted molar refractivity (Wildman–Crippen MR) is 176 cm³/mol. The zero-order valence-corrected chi connectivity index (χ0v) is 26.6. The lowest BCUT2D eigenvalue weighted by atomic mass is 9.87. The second-order valence-corrected chi connectivity index (χ2v) is 13.9. The number of carbonyl (C=O) groups is 2. The van der Waals surface area contributed by atoms with Gasteiger partial charge < -0.3 is 19.9 Å². The second kappa shape index (κ2) is 12.0. The Kier molecular flexibility index (Phi) is 8.22. The quantitative estimate of drug-likeness (QED) is 0.203. The molecule has 6 rings (SSSR count). The summed E-state index contributed by atoms with van der Waals surface area (Å²) in [5.41, 5.74) is 3.33. The van der Waals surface area contributed by atoms with Crippen LogP contribution in [0.25, 0.3) is 10.9 Å². The van der Waals surface area contributed by atoms with Gasteiger partial charge in [-0.2, -0.15) is 11.8 Å². The molecule has 0 radical (unpaired) electrons. The molecule has 230 valence electrons. The Morgan fingerprint density at radius 2 is 1.70 bits per heavy atom. The number of para-hydroxylation sites is 1. The van der Waals surface area contributed by atoms with Crippen LogP contribution in [0.1, 0.15) is 55.8 Å². The maximum atomic E-state index is 15.1. The number of rotatable bonds is 9. The fourth-order valence-electron chi connectivity index (χ4n) is 7.22. The van der Waals surface area contributed by atoms with E-state index in [0.29, 0.717) is 29.8 Å². The number of hydrogen-bond donors (Lipinski definition) is 2. The normalized spacial score (nSPS) is 20.2. The number of amides is 2. The minimum atomic E-state index is -1.10. The van der Waals surface area contributed by atoms with Gasteiger partial charge in [0.2, 0.25) is 11.8 Å². The van der Waals surface area contributed by atoms with Crippen molar-refractivity contribution in [2.75, 3.05) is 23.9 Å². The Morgan fingerprint density at radius 1 is 1.02 bits per heavy atom. The first kappa shape index (κ1) is 30.3. The first-order chi connectivity index (χ1) is 21.2. The van der Waals surface area contributed by atoms with Gasteiger partial charge in [-0.05, 0) is 90.5 Å². The van der Waals surface area contributed by atoms with E-state index < -0.39 is 5.54 Å². The summed E-state index contributed by atoms with van der Waals surface area (Å²) in [5, 5.41) is 4.28. The Hall–Kier alpha value is -3.78. The minimum Gasteiger partial charge on any atom is -0.497 e. The van der Waals surface area contributed by atoms with E-state index in [4.69, 9.17) is 4.74 Å². The average molecular weight is 614 g/mol. The van der Waals surface area contributed by atoms with E-state index in [1.807, 2.05) is 6.07 Å². The highest BCUT2D eigenvalue weighted by Gasteiger charge is 2.60. The van der Waals surface area contributed by atoms with Crippen molar-refractivity contribution in [2.45, 2.75) is 58.0 Å². The lowest BCUT2D eigenvalue weighted by molar-refractivity contribution is -0.147. The number of anilines is 1. The van der Waals surface area contributed by atoms with Gasteiger partial charge in [-0.1, -0.05) is 50.2 Å². The van der Waals surface area contributed by atoms with Crippen LogP contribution in [0.4, 0.5) is 10.1 Å². The van der Waals surface area contributed by atoms with Gasteiger partial charge in [-0.25, -0.2) is 4.39 Å². The fourth-order valence-corrected chi connectivity index (χ4v) is 8.39. The molecule has 1 aliphatic carbocycles. The predicted octanol–water partition coefficient (Wildman–Crippen LogP) is 7.69. The summed E-state index contributed by atoms with van der Waals surface area (Å²) in [6.45, 7) is 6.59. The van der Waals surface area contributed by atoms with E-state index in [1.165, 1.54) is 17.0 Å². The molecule has 6 nitrogen and oxygen atoms in total. The number of halogens is 1. The maximum absolute atomic E-state index is 15.1. The molecule has 2 amide bonds. The number of carbonyl (C=O) groups excluding carboxylic acids is 2. The molecular formula is C36H40FN3O3S. The van der Waals surface area contributed by atoms with E-state index in [2.05, 4.69) is 49.3 Å². The number of ether oxygens (including phenoxy) is 1. The van der Waals surface area contributed by atoms with Crippen LogP contribution in [0, 0.1) is 24.1 Å². The van der Waals surface area contributed by atoms with E-state index in [9.17, 15) is 9.59 Å². The summed E-state index contributed by atoms with van der Waals surface area (Å²) >= 11 is 1.78. The van der Waals surface area contributed by atoms with Gasteiger partial charge in [0.05, 0.1) is 7.11 Å². The smallest absolute Gasteiger partial charge is 0.250 e. The van der Waals surface area contributed by atoms with E-state index >= 15 is 4.39 Å². The summed E-state index contributed by atoms with van der Waals surface area (Å²) in [5.74, 6) is 1.75. The average Bonchev–Trinajstić information content (AvgIpc) is 3.37. The summed E-state index contributed by atoms with van der Waals surface area (Å²) in [7, 11) is 1.60. The summed E-state index contributed by atoms with van der Waals surface area (Å²) in [6.07, 6.45) is 1.29. The SMILES string of the molecule is COc1ccc(NC(=O)C2(N(Cc3ccccc3F)C(=O)C[C@@H]3[C@H](c4c(C)[nH]c5ccccc45)C3(C)C)CCSCC2)cc1. The van der Waals surface area contributed by atoms with Gasteiger partial charge >= 0.3 is 0 Å². The zero-order valence-electron chi connectivity index (χ0n) is 25.8.